The largest absolute Gasteiger partial charge is 0.481 e. The van der Waals surface area contributed by atoms with Crippen molar-refractivity contribution in [3.63, 3.8) is 0 Å². The standard InChI is InChI=1S/C16H23FN2O2/c1-2-15(13-4-3-5-14(17)12-13)19-10-8-18(9-11-19)7-6-16(20)21/h3-5,12,15H,2,6-11H2,1H3,(H,20,21). The molecule has 1 atom stereocenters. The van der Waals surface area contributed by atoms with Crippen LogP contribution in [-0.4, -0.2) is 53.6 Å². The molecule has 1 heterocycles. The molecule has 1 aromatic rings. The summed E-state index contributed by atoms with van der Waals surface area (Å²) < 4.78 is 13.4. The SMILES string of the molecule is CCC(c1cccc(F)c1)N1CCN(CCC(=O)O)CC1. The van der Waals surface area contributed by atoms with Gasteiger partial charge < -0.3 is 10.0 Å². The highest BCUT2D eigenvalue weighted by molar-refractivity contribution is 5.66. The molecular formula is C16H23FN2O2. The Bertz CT molecular complexity index is 473. The molecule has 2 rings (SSSR count). The summed E-state index contributed by atoms with van der Waals surface area (Å²) in [5, 5.41) is 8.72. The van der Waals surface area contributed by atoms with Crippen molar-refractivity contribution in [1.82, 2.24) is 9.80 Å². The topological polar surface area (TPSA) is 43.8 Å². The van der Waals surface area contributed by atoms with Crippen LogP contribution < -0.4 is 0 Å². The fraction of sp³-hybridized carbons (Fsp3) is 0.562. The van der Waals surface area contributed by atoms with Crippen LogP contribution >= 0.6 is 0 Å². The predicted molar refractivity (Wildman–Crippen MR) is 79.7 cm³/mol. The molecule has 4 nitrogen and oxygen atoms in total. The van der Waals surface area contributed by atoms with Crippen molar-refractivity contribution in [3.8, 4) is 0 Å². The van der Waals surface area contributed by atoms with Gasteiger partial charge in [-0.1, -0.05) is 19.1 Å². The summed E-state index contributed by atoms with van der Waals surface area (Å²) in [6, 6.07) is 7.07. The minimum atomic E-state index is -0.747. The molecule has 0 bridgehead atoms. The number of hydrogen-bond donors (Lipinski definition) is 1. The molecule has 21 heavy (non-hydrogen) atoms. The summed E-state index contributed by atoms with van der Waals surface area (Å²) >= 11 is 0. The lowest BCUT2D eigenvalue weighted by Gasteiger charge is -2.39. The molecule has 5 heteroatoms. The normalized spacial score (nSPS) is 18.6. The van der Waals surface area contributed by atoms with Gasteiger partial charge >= 0.3 is 5.97 Å². The van der Waals surface area contributed by atoms with E-state index in [1.54, 1.807) is 12.1 Å². The maximum Gasteiger partial charge on any atom is 0.304 e. The third-order valence-electron chi connectivity index (χ3n) is 4.11. The Balaban J connectivity index is 1.92. The zero-order chi connectivity index (χ0) is 15.2. The molecule has 0 radical (unpaired) electrons. The van der Waals surface area contributed by atoms with Crippen LogP contribution in [0, 0.1) is 5.82 Å². The van der Waals surface area contributed by atoms with E-state index < -0.39 is 5.97 Å². The van der Waals surface area contributed by atoms with Gasteiger partial charge in [0.1, 0.15) is 5.82 Å². The van der Waals surface area contributed by atoms with E-state index in [9.17, 15) is 9.18 Å². The summed E-state index contributed by atoms with van der Waals surface area (Å²) in [6.07, 6.45) is 1.14. The Hall–Kier alpha value is -1.46. The van der Waals surface area contributed by atoms with Gasteiger partial charge in [0.2, 0.25) is 0 Å². The number of carbonyl (C=O) groups is 1. The molecule has 116 valence electrons. The average molecular weight is 294 g/mol. The Morgan fingerprint density at radius 1 is 1.33 bits per heavy atom. The van der Waals surface area contributed by atoms with Crippen molar-refractivity contribution < 1.29 is 14.3 Å². The highest BCUT2D eigenvalue weighted by Crippen LogP contribution is 2.25. The van der Waals surface area contributed by atoms with Crippen LogP contribution in [-0.2, 0) is 4.79 Å². The first kappa shape index (κ1) is 15.9. The van der Waals surface area contributed by atoms with Gasteiger partial charge in [-0.25, -0.2) is 4.39 Å². The Morgan fingerprint density at radius 2 is 2.05 bits per heavy atom. The molecule has 1 fully saturated rings. The molecule has 1 unspecified atom stereocenters. The molecule has 1 aliphatic rings. The number of benzene rings is 1. The summed E-state index contributed by atoms with van der Waals surface area (Å²) in [5.74, 6) is -0.935. The van der Waals surface area contributed by atoms with E-state index in [1.165, 1.54) is 6.07 Å². The van der Waals surface area contributed by atoms with Crippen molar-refractivity contribution in [2.24, 2.45) is 0 Å². The van der Waals surface area contributed by atoms with E-state index in [0.717, 1.165) is 38.2 Å². The van der Waals surface area contributed by atoms with Crippen molar-refractivity contribution in [1.29, 1.82) is 0 Å². The molecule has 0 aromatic heterocycles. The van der Waals surface area contributed by atoms with E-state index in [2.05, 4.69) is 16.7 Å². The maximum atomic E-state index is 13.4. The zero-order valence-electron chi connectivity index (χ0n) is 12.5. The molecule has 0 spiro atoms. The van der Waals surface area contributed by atoms with Gasteiger partial charge in [-0.3, -0.25) is 9.69 Å². The number of piperazine rings is 1. The number of halogens is 1. The van der Waals surface area contributed by atoms with E-state index in [4.69, 9.17) is 5.11 Å². The Labute approximate surface area is 125 Å². The average Bonchev–Trinajstić information content (AvgIpc) is 2.47. The fourth-order valence-corrected chi connectivity index (χ4v) is 2.97. The second-order valence-electron chi connectivity index (χ2n) is 5.50. The first-order valence-electron chi connectivity index (χ1n) is 7.54. The molecule has 1 saturated heterocycles. The van der Waals surface area contributed by atoms with Gasteiger partial charge in [0, 0.05) is 38.8 Å². The fourth-order valence-electron chi connectivity index (χ4n) is 2.97. The van der Waals surface area contributed by atoms with Crippen LogP contribution in [0.1, 0.15) is 31.4 Å². The van der Waals surface area contributed by atoms with Crippen LogP contribution in [0.15, 0.2) is 24.3 Å². The molecule has 0 aliphatic carbocycles. The smallest absolute Gasteiger partial charge is 0.304 e. The summed E-state index contributed by atoms with van der Waals surface area (Å²) in [5.41, 5.74) is 1.02. The molecular weight excluding hydrogens is 271 g/mol. The minimum absolute atomic E-state index is 0.189. The summed E-state index contributed by atoms with van der Waals surface area (Å²) in [4.78, 5) is 15.2. The van der Waals surface area contributed by atoms with Crippen molar-refractivity contribution >= 4 is 5.97 Å². The minimum Gasteiger partial charge on any atom is -0.481 e. The third-order valence-corrected chi connectivity index (χ3v) is 4.11. The molecule has 1 N–H and O–H groups in total. The van der Waals surface area contributed by atoms with Crippen molar-refractivity contribution in [2.75, 3.05) is 32.7 Å². The molecule has 0 amide bonds. The Morgan fingerprint density at radius 3 is 2.62 bits per heavy atom. The number of nitrogens with zero attached hydrogens (tertiary/aromatic N) is 2. The number of rotatable bonds is 6. The highest BCUT2D eigenvalue weighted by Gasteiger charge is 2.24. The zero-order valence-corrected chi connectivity index (χ0v) is 12.5. The number of aliphatic carboxylic acids is 1. The lowest BCUT2D eigenvalue weighted by molar-refractivity contribution is -0.137. The van der Waals surface area contributed by atoms with Gasteiger partial charge in [-0.2, -0.15) is 0 Å². The number of carboxylic acid groups (broad SMARTS) is 1. The van der Waals surface area contributed by atoms with Crippen LogP contribution in [0.5, 0.6) is 0 Å². The van der Waals surface area contributed by atoms with Crippen LogP contribution in [0.4, 0.5) is 4.39 Å². The number of carboxylic acids is 1. The van der Waals surface area contributed by atoms with Crippen LogP contribution in [0.3, 0.4) is 0 Å². The quantitative estimate of drug-likeness (QED) is 0.875. The third kappa shape index (κ3) is 4.51. The Kier molecular flexibility index (Phi) is 5.70. The second kappa shape index (κ2) is 7.52. The van der Waals surface area contributed by atoms with Gasteiger partial charge in [-0.15, -0.1) is 0 Å². The molecule has 0 saturated carbocycles. The lowest BCUT2D eigenvalue weighted by atomic mass is 10.0. The van der Waals surface area contributed by atoms with Gasteiger partial charge in [-0.05, 0) is 24.1 Å². The van der Waals surface area contributed by atoms with E-state index >= 15 is 0 Å². The van der Waals surface area contributed by atoms with Gasteiger partial charge in [0.05, 0.1) is 6.42 Å². The predicted octanol–water partition coefficient (Wildman–Crippen LogP) is 2.37. The highest BCUT2D eigenvalue weighted by atomic mass is 19.1. The maximum absolute atomic E-state index is 13.4. The summed E-state index contributed by atoms with van der Waals surface area (Å²) in [6.45, 7) is 6.27. The van der Waals surface area contributed by atoms with Crippen molar-refractivity contribution in [3.05, 3.63) is 35.6 Å². The van der Waals surface area contributed by atoms with Crippen LogP contribution in [0.25, 0.3) is 0 Å². The first-order chi connectivity index (χ1) is 10.1. The monoisotopic (exact) mass is 294 g/mol. The van der Waals surface area contributed by atoms with E-state index in [-0.39, 0.29) is 18.3 Å². The van der Waals surface area contributed by atoms with Gasteiger partial charge in [0.15, 0.2) is 0 Å². The van der Waals surface area contributed by atoms with E-state index in [0.29, 0.717) is 6.54 Å². The van der Waals surface area contributed by atoms with E-state index in [1.807, 2.05) is 6.07 Å². The first-order valence-corrected chi connectivity index (χ1v) is 7.54. The van der Waals surface area contributed by atoms with Gasteiger partial charge in [0.25, 0.3) is 0 Å². The molecule has 1 aliphatic heterocycles. The summed E-state index contributed by atoms with van der Waals surface area (Å²) in [7, 11) is 0. The number of hydrogen-bond acceptors (Lipinski definition) is 3. The van der Waals surface area contributed by atoms with Crippen LogP contribution in [0.2, 0.25) is 0 Å². The lowest BCUT2D eigenvalue weighted by Crippen LogP contribution is -2.47. The second-order valence-corrected chi connectivity index (χ2v) is 5.50. The van der Waals surface area contributed by atoms with Crippen molar-refractivity contribution in [2.45, 2.75) is 25.8 Å². The molecule has 1 aromatic carbocycles.